The van der Waals surface area contributed by atoms with Gasteiger partial charge in [-0.05, 0) is 35.2 Å². The summed E-state index contributed by atoms with van der Waals surface area (Å²) in [5.74, 6) is -1.27. The topological polar surface area (TPSA) is 54.4 Å². The Hall–Kier alpha value is -1.67. The summed E-state index contributed by atoms with van der Waals surface area (Å²) in [5, 5.41) is 10.5. The fraction of sp³-hybridized carbons (Fsp3) is 0.154. The SMILES string of the molecule is O=C(O)c1sccc1CS(=O)c1cccc(C(F)(F)F)c1. The van der Waals surface area contributed by atoms with Gasteiger partial charge in [0.1, 0.15) is 4.88 Å². The number of thiophene rings is 1. The van der Waals surface area contributed by atoms with Crippen LogP contribution in [0.4, 0.5) is 13.2 Å². The minimum atomic E-state index is -4.51. The first-order chi connectivity index (χ1) is 9.79. The predicted octanol–water partition coefficient (Wildman–Crippen LogP) is 3.77. The summed E-state index contributed by atoms with van der Waals surface area (Å²) in [6.07, 6.45) is -4.51. The molecule has 0 saturated carbocycles. The van der Waals surface area contributed by atoms with E-state index in [0.29, 0.717) is 5.56 Å². The molecule has 0 amide bonds. The summed E-state index contributed by atoms with van der Waals surface area (Å²) in [6, 6.07) is 5.75. The molecule has 1 aromatic heterocycles. The quantitative estimate of drug-likeness (QED) is 0.926. The van der Waals surface area contributed by atoms with Crippen LogP contribution in [0.1, 0.15) is 20.8 Å². The van der Waals surface area contributed by atoms with Crippen molar-refractivity contribution in [2.75, 3.05) is 0 Å². The van der Waals surface area contributed by atoms with Crippen LogP contribution in [0.3, 0.4) is 0 Å². The van der Waals surface area contributed by atoms with Gasteiger partial charge in [-0.1, -0.05) is 6.07 Å². The minimum Gasteiger partial charge on any atom is -0.477 e. The van der Waals surface area contributed by atoms with Gasteiger partial charge in [0.2, 0.25) is 0 Å². The van der Waals surface area contributed by atoms with Crippen molar-refractivity contribution >= 4 is 28.1 Å². The number of hydrogen-bond acceptors (Lipinski definition) is 3. The summed E-state index contributed by atoms with van der Waals surface area (Å²) in [4.78, 5) is 11.0. The van der Waals surface area contributed by atoms with Crippen molar-refractivity contribution in [3.8, 4) is 0 Å². The van der Waals surface area contributed by atoms with Crippen LogP contribution >= 0.6 is 11.3 Å². The normalized spacial score (nSPS) is 13.1. The van der Waals surface area contributed by atoms with E-state index in [9.17, 15) is 22.2 Å². The van der Waals surface area contributed by atoms with Crippen molar-refractivity contribution in [1.29, 1.82) is 0 Å². The average Bonchev–Trinajstić information content (AvgIpc) is 2.86. The maximum Gasteiger partial charge on any atom is 0.416 e. The zero-order valence-corrected chi connectivity index (χ0v) is 12.0. The number of carboxylic acids is 1. The van der Waals surface area contributed by atoms with Gasteiger partial charge in [-0.25, -0.2) is 4.79 Å². The molecule has 0 radical (unpaired) electrons. The van der Waals surface area contributed by atoms with E-state index in [0.717, 1.165) is 23.5 Å². The Balaban J connectivity index is 2.25. The van der Waals surface area contributed by atoms with Crippen molar-refractivity contribution in [1.82, 2.24) is 0 Å². The van der Waals surface area contributed by atoms with E-state index < -0.39 is 28.5 Å². The molecule has 0 fully saturated rings. The third kappa shape index (κ3) is 3.70. The summed E-state index contributed by atoms with van der Waals surface area (Å²) >= 11 is 0.988. The third-order valence-corrected chi connectivity index (χ3v) is 4.95. The molecule has 0 saturated heterocycles. The fourth-order valence-electron chi connectivity index (χ4n) is 1.68. The summed E-state index contributed by atoms with van der Waals surface area (Å²) in [6.45, 7) is 0. The molecule has 0 spiro atoms. The van der Waals surface area contributed by atoms with Crippen LogP contribution < -0.4 is 0 Å². The van der Waals surface area contributed by atoms with Crippen LogP contribution in [0.2, 0.25) is 0 Å². The summed E-state index contributed by atoms with van der Waals surface area (Å²) < 4.78 is 49.9. The molecular weight excluding hydrogens is 325 g/mol. The largest absolute Gasteiger partial charge is 0.477 e. The van der Waals surface area contributed by atoms with E-state index in [-0.39, 0.29) is 15.5 Å². The highest BCUT2D eigenvalue weighted by Crippen LogP contribution is 2.30. The Morgan fingerprint density at radius 2 is 2.00 bits per heavy atom. The Labute approximate surface area is 124 Å². The zero-order valence-electron chi connectivity index (χ0n) is 10.4. The molecule has 112 valence electrons. The molecule has 0 aliphatic carbocycles. The van der Waals surface area contributed by atoms with Gasteiger partial charge in [0.15, 0.2) is 0 Å². The Morgan fingerprint density at radius 3 is 2.62 bits per heavy atom. The van der Waals surface area contributed by atoms with E-state index in [1.807, 2.05) is 0 Å². The minimum absolute atomic E-state index is 0.0207. The molecule has 3 nitrogen and oxygen atoms in total. The van der Waals surface area contributed by atoms with Crippen LogP contribution in [-0.2, 0) is 22.7 Å². The second-order valence-electron chi connectivity index (χ2n) is 4.10. The van der Waals surface area contributed by atoms with Crippen LogP contribution in [0.15, 0.2) is 40.6 Å². The highest BCUT2D eigenvalue weighted by atomic mass is 32.2. The lowest BCUT2D eigenvalue weighted by Crippen LogP contribution is -2.07. The van der Waals surface area contributed by atoms with Crippen molar-refractivity contribution in [2.24, 2.45) is 0 Å². The molecule has 1 aromatic carbocycles. The van der Waals surface area contributed by atoms with Crippen LogP contribution in [0.5, 0.6) is 0 Å². The first kappa shape index (κ1) is 15.7. The van der Waals surface area contributed by atoms with Gasteiger partial charge in [-0.2, -0.15) is 13.2 Å². The van der Waals surface area contributed by atoms with Crippen LogP contribution in [0.25, 0.3) is 0 Å². The van der Waals surface area contributed by atoms with E-state index in [1.165, 1.54) is 18.2 Å². The van der Waals surface area contributed by atoms with Gasteiger partial charge in [0, 0.05) is 4.90 Å². The first-order valence-corrected chi connectivity index (χ1v) is 7.84. The number of rotatable bonds is 4. The maximum absolute atomic E-state index is 12.6. The molecule has 0 aliphatic heterocycles. The molecule has 2 rings (SSSR count). The van der Waals surface area contributed by atoms with E-state index in [4.69, 9.17) is 5.11 Å². The first-order valence-electron chi connectivity index (χ1n) is 5.64. The molecule has 0 aliphatic rings. The monoisotopic (exact) mass is 334 g/mol. The van der Waals surface area contributed by atoms with Crippen molar-refractivity contribution in [2.45, 2.75) is 16.8 Å². The molecule has 1 N–H and O–H groups in total. The highest BCUT2D eigenvalue weighted by Gasteiger charge is 2.30. The standard InChI is InChI=1S/C13H9F3O3S2/c14-13(15,16)9-2-1-3-10(6-9)21(19)7-8-4-5-20-11(8)12(17)18/h1-6H,7H2,(H,17,18). The molecular formula is C13H9F3O3S2. The lowest BCUT2D eigenvalue weighted by molar-refractivity contribution is -0.137. The average molecular weight is 334 g/mol. The molecule has 1 atom stereocenters. The summed E-state index contributed by atoms with van der Waals surface area (Å²) in [7, 11) is -1.74. The number of benzene rings is 1. The van der Waals surface area contributed by atoms with Gasteiger partial charge in [-0.15, -0.1) is 11.3 Å². The molecule has 1 unspecified atom stereocenters. The number of halogens is 3. The Kier molecular flexibility index (Phi) is 4.48. The van der Waals surface area contributed by atoms with Crippen LogP contribution in [0, 0.1) is 0 Å². The van der Waals surface area contributed by atoms with E-state index in [2.05, 4.69) is 0 Å². The number of carbonyl (C=O) groups is 1. The maximum atomic E-state index is 12.6. The van der Waals surface area contributed by atoms with Gasteiger partial charge >= 0.3 is 12.1 Å². The van der Waals surface area contributed by atoms with Crippen LogP contribution in [-0.4, -0.2) is 15.3 Å². The van der Waals surface area contributed by atoms with Crippen molar-refractivity contribution in [3.05, 3.63) is 51.7 Å². The molecule has 2 aromatic rings. The summed E-state index contributed by atoms with van der Waals surface area (Å²) in [5.41, 5.74) is -0.527. The van der Waals surface area contributed by atoms with Gasteiger partial charge in [-0.3, -0.25) is 4.21 Å². The van der Waals surface area contributed by atoms with Gasteiger partial charge in [0.05, 0.1) is 22.1 Å². The number of aromatic carboxylic acids is 1. The van der Waals surface area contributed by atoms with Gasteiger partial charge in [0.25, 0.3) is 0 Å². The number of hydrogen-bond donors (Lipinski definition) is 1. The highest BCUT2D eigenvalue weighted by molar-refractivity contribution is 7.84. The third-order valence-electron chi connectivity index (χ3n) is 2.65. The van der Waals surface area contributed by atoms with E-state index in [1.54, 1.807) is 5.38 Å². The zero-order chi connectivity index (χ0) is 15.6. The fourth-order valence-corrected chi connectivity index (χ4v) is 3.71. The lowest BCUT2D eigenvalue weighted by Gasteiger charge is -2.08. The number of alkyl halides is 3. The Bertz CT molecular complexity index is 692. The molecule has 1 heterocycles. The molecule has 8 heteroatoms. The smallest absolute Gasteiger partial charge is 0.416 e. The lowest BCUT2D eigenvalue weighted by atomic mass is 10.2. The predicted molar refractivity (Wildman–Crippen MR) is 72.8 cm³/mol. The number of carboxylic acid groups (broad SMARTS) is 1. The Morgan fingerprint density at radius 1 is 1.29 bits per heavy atom. The second-order valence-corrected chi connectivity index (χ2v) is 6.46. The molecule has 0 bridgehead atoms. The van der Waals surface area contributed by atoms with Gasteiger partial charge < -0.3 is 5.11 Å². The van der Waals surface area contributed by atoms with E-state index >= 15 is 0 Å². The molecule has 21 heavy (non-hydrogen) atoms. The van der Waals surface area contributed by atoms with Crippen molar-refractivity contribution in [3.63, 3.8) is 0 Å². The van der Waals surface area contributed by atoms with Crippen molar-refractivity contribution < 1.29 is 27.3 Å². The second kappa shape index (κ2) is 5.98.